The van der Waals surface area contributed by atoms with Crippen LogP contribution in [0.25, 0.3) is 5.65 Å². The Labute approximate surface area is 102 Å². The number of aromatic amines is 1. The van der Waals surface area contributed by atoms with Crippen LogP contribution in [-0.2, 0) is 5.75 Å². The summed E-state index contributed by atoms with van der Waals surface area (Å²) in [5.74, 6) is 1.61. The maximum absolute atomic E-state index is 4.51. The van der Waals surface area contributed by atoms with Gasteiger partial charge in [-0.3, -0.25) is 5.10 Å². The van der Waals surface area contributed by atoms with E-state index in [1.54, 1.807) is 11.8 Å². The number of rotatable bonds is 3. The zero-order valence-corrected chi connectivity index (χ0v) is 10.1. The van der Waals surface area contributed by atoms with Crippen molar-refractivity contribution in [2.45, 2.75) is 17.8 Å². The molecule has 6 heteroatoms. The van der Waals surface area contributed by atoms with Crippen LogP contribution in [0.1, 0.15) is 11.5 Å². The average Bonchev–Trinajstić information content (AvgIpc) is 2.91. The Hall–Kier alpha value is -1.82. The van der Waals surface area contributed by atoms with E-state index >= 15 is 0 Å². The number of hydrogen-bond donors (Lipinski definition) is 1. The molecule has 3 rings (SSSR count). The number of nitrogens with one attached hydrogen (secondary N) is 1. The van der Waals surface area contributed by atoms with Crippen LogP contribution in [0.5, 0.6) is 0 Å². The van der Waals surface area contributed by atoms with Gasteiger partial charge in [-0.05, 0) is 19.1 Å². The molecule has 0 aliphatic carbocycles. The maximum atomic E-state index is 4.51. The van der Waals surface area contributed by atoms with Crippen molar-refractivity contribution in [1.82, 2.24) is 24.6 Å². The fourth-order valence-electron chi connectivity index (χ4n) is 1.58. The minimum absolute atomic E-state index is 0.763. The largest absolute Gasteiger partial charge is 0.307 e. The fourth-order valence-corrected chi connectivity index (χ4v) is 2.31. The Balaban J connectivity index is 1.76. The first kappa shape index (κ1) is 10.3. The molecule has 0 spiro atoms. The van der Waals surface area contributed by atoms with Gasteiger partial charge in [0.05, 0.1) is 5.69 Å². The Bertz CT molecular complexity index is 609. The van der Waals surface area contributed by atoms with Crippen LogP contribution in [0.4, 0.5) is 0 Å². The van der Waals surface area contributed by atoms with E-state index in [1.807, 2.05) is 41.9 Å². The molecule has 0 saturated heterocycles. The highest BCUT2D eigenvalue weighted by molar-refractivity contribution is 7.98. The van der Waals surface area contributed by atoms with Gasteiger partial charge in [-0.25, -0.2) is 9.97 Å². The molecule has 0 amide bonds. The first-order chi connectivity index (χ1) is 8.31. The molecule has 0 saturated carbocycles. The van der Waals surface area contributed by atoms with E-state index in [0.29, 0.717) is 0 Å². The van der Waals surface area contributed by atoms with Crippen molar-refractivity contribution < 1.29 is 0 Å². The molecule has 86 valence electrons. The van der Waals surface area contributed by atoms with Crippen molar-refractivity contribution in [3.63, 3.8) is 0 Å². The summed E-state index contributed by atoms with van der Waals surface area (Å²) in [6, 6.07) is 5.97. The van der Waals surface area contributed by atoms with Crippen LogP contribution in [0, 0.1) is 6.92 Å². The first-order valence-electron chi connectivity index (χ1n) is 5.26. The van der Waals surface area contributed by atoms with E-state index in [4.69, 9.17) is 0 Å². The van der Waals surface area contributed by atoms with Gasteiger partial charge in [0.15, 0.2) is 0 Å². The Morgan fingerprint density at radius 1 is 1.35 bits per heavy atom. The van der Waals surface area contributed by atoms with E-state index in [2.05, 4.69) is 20.2 Å². The van der Waals surface area contributed by atoms with Crippen molar-refractivity contribution in [2.75, 3.05) is 0 Å². The number of thioether (sulfide) groups is 1. The van der Waals surface area contributed by atoms with Gasteiger partial charge in [0.1, 0.15) is 11.5 Å². The van der Waals surface area contributed by atoms with Gasteiger partial charge in [0.2, 0.25) is 5.16 Å². The molecule has 5 nitrogen and oxygen atoms in total. The standard InChI is InChI=1S/C11H11N5S/c1-8-12-11(15-14-8)17-7-9-6-16-5-3-2-4-10(16)13-9/h2-6H,7H2,1H3,(H,12,14,15). The van der Waals surface area contributed by atoms with Crippen LogP contribution in [-0.4, -0.2) is 24.6 Å². The number of aryl methyl sites for hydroxylation is 1. The smallest absolute Gasteiger partial charge is 0.208 e. The number of imidazole rings is 1. The lowest BCUT2D eigenvalue weighted by atomic mass is 10.5. The van der Waals surface area contributed by atoms with Gasteiger partial charge < -0.3 is 4.40 Å². The molecule has 17 heavy (non-hydrogen) atoms. The van der Waals surface area contributed by atoms with E-state index in [9.17, 15) is 0 Å². The number of hydrogen-bond acceptors (Lipinski definition) is 4. The lowest BCUT2D eigenvalue weighted by molar-refractivity contribution is 0.968. The quantitative estimate of drug-likeness (QED) is 0.717. The van der Waals surface area contributed by atoms with Crippen molar-refractivity contribution in [2.24, 2.45) is 0 Å². The minimum Gasteiger partial charge on any atom is -0.307 e. The summed E-state index contributed by atoms with van der Waals surface area (Å²) < 4.78 is 2.01. The molecule has 3 aromatic heterocycles. The summed E-state index contributed by atoms with van der Waals surface area (Å²) in [6.07, 6.45) is 4.02. The van der Waals surface area contributed by atoms with Crippen LogP contribution in [0.15, 0.2) is 35.7 Å². The van der Waals surface area contributed by atoms with Gasteiger partial charge in [-0.15, -0.1) is 5.10 Å². The lowest BCUT2D eigenvalue weighted by Gasteiger charge is -1.90. The molecular formula is C11H11N5S. The second-order valence-electron chi connectivity index (χ2n) is 3.69. The highest BCUT2D eigenvalue weighted by Gasteiger charge is 2.04. The monoisotopic (exact) mass is 245 g/mol. The predicted molar refractivity (Wildman–Crippen MR) is 65.9 cm³/mol. The average molecular weight is 245 g/mol. The summed E-state index contributed by atoms with van der Waals surface area (Å²) in [6.45, 7) is 1.89. The van der Waals surface area contributed by atoms with Crippen LogP contribution >= 0.6 is 11.8 Å². The second-order valence-corrected chi connectivity index (χ2v) is 4.63. The predicted octanol–water partition coefficient (Wildman–Crippen LogP) is 2.05. The van der Waals surface area contributed by atoms with Crippen molar-refractivity contribution >= 4 is 17.4 Å². The third-order valence-corrected chi connectivity index (χ3v) is 3.22. The zero-order chi connectivity index (χ0) is 11.7. The maximum Gasteiger partial charge on any atom is 0.208 e. The van der Waals surface area contributed by atoms with Crippen molar-refractivity contribution in [3.8, 4) is 0 Å². The van der Waals surface area contributed by atoms with E-state index in [0.717, 1.165) is 28.1 Å². The van der Waals surface area contributed by atoms with Gasteiger partial charge in [0.25, 0.3) is 0 Å². The molecule has 0 bridgehead atoms. The number of nitrogens with zero attached hydrogens (tertiary/aromatic N) is 4. The number of pyridine rings is 1. The van der Waals surface area contributed by atoms with Crippen LogP contribution in [0.3, 0.4) is 0 Å². The third-order valence-electron chi connectivity index (χ3n) is 2.34. The molecule has 0 unspecified atom stereocenters. The summed E-state index contributed by atoms with van der Waals surface area (Å²) in [5.41, 5.74) is 2.00. The Morgan fingerprint density at radius 3 is 3.06 bits per heavy atom. The van der Waals surface area contributed by atoms with E-state index in [-0.39, 0.29) is 0 Å². The molecule has 0 atom stereocenters. The lowest BCUT2D eigenvalue weighted by Crippen LogP contribution is -1.81. The summed E-state index contributed by atoms with van der Waals surface area (Å²) in [4.78, 5) is 8.75. The summed E-state index contributed by atoms with van der Waals surface area (Å²) in [7, 11) is 0. The normalized spacial score (nSPS) is 11.1. The topological polar surface area (TPSA) is 58.9 Å². The van der Waals surface area contributed by atoms with Crippen molar-refractivity contribution in [3.05, 3.63) is 42.1 Å². The van der Waals surface area contributed by atoms with Crippen LogP contribution in [0.2, 0.25) is 0 Å². The van der Waals surface area contributed by atoms with Gasteiger partial charge in [-0.1, -0.05) is 17.8 Å². The summed E-state index contributed by atoms with van der Waals surface area (Å²) in [5, 5.41) is 7.66. The first-order valence-corrected chi connectivity index (χ1v) is 6.24. The Morgan fingerprint density at radius 2 is 2.29 bits per heavy atom. The highest BCUT2D eigenvalue weighted by atomic mass is 32.2. The minimum atomic E-state index is 0.763. The molecule has 0 aromatic carbocycles. The molecule has 0 radical (unpaired) electrons. The molecule has 0 aliphatic heterocycles. The third kappa shape index (κ3) is 2.16. The highest BCUT2D eigenvalue weighted by Crippen LogP contribution is 2.18. The van der Waals surface area contributed by atoms with Gasteiger partial charge >= 0.3 is 0 Å². The second kappa shape index (κ2) is 4.21. The fraction of sp³-hybridized carbons (Fsp3) is 0.182. The van der Waals surface area contributed by atoms with Crippen LogP contribution < -0.4 is 0 Å². The molecule has 3 heterocycles. The molecule has 1 N–H and O–H groups in total. The van der Waals surface area contributed by atoms with Gasteiger partial charge in [0, 0.05) is 18.1 Å². The SMILES string of the molecule is Cc1nc(SCc2cn3ccccc3n2)n[nH]1. The van der Waals surface area contributed by atoms with E-state index in [1.165, 1.54) is 0 Å². The van der Waals surface area contributed by atoms with E-state index < -0.39 is 0 Å². The number of H-pyrrole nitrogens is 1. The zero-order valence-electron chi connectivity index (χ0n) is 9.29. The molecule has 0 fully saturated rings. The van der Waals surface area contributed by atoms with Crippen molar-refractivity contribution in [1.29, 1.82) is 0 Å². The molecular weight excluding hydrogens is 234 g/mol. The number of fused-ring (bicyclic) bond motifs is 1. The molecule has 3 aromatic rings. The number of aromatic nitrogens is 5. The molecule has 0 aliphatic rings. The summed E-state index contributed by atoms with van der Waals surface area (Å²) >= 11 is 1.58. The van der Waals surface area contributed by atoms with Gasteiger partial charge in [-0.2, -0.15) is 0 Å². The Kier molecular flexibility index (Phi) is 2.56.